The van der Waals surface area contributed by atoms with Crippen LogP contribution in [0.1, 0.15) is 18.4 Å². The average molecular weight is 405 g/mol. The fourth-order valence-electron chi connectivity index (χ4n) is 3.83. The van der Waals surface area contributed by atoms with Crippen molar-refractivity contribution in [2.24, 2.45) is 5.92 Å². The van der Waals surface area contributed by atoms with Crippen molar-refractivity contribution < 1.29 is 22.7 Å². The molecule has 2 heterocycles. The van der Waals surface area contributed by atoms with Crippen LogP contribution < -0.4 is 15.1 Å². The molecule has 0 radical (unpaired) electrons. The molecule has 0 aliphatic carbocycles. The van der Waals surface area contributed by atoms with Crippen molar-refractivity contribution in [3.8, 4) is 0 Å². The van der Waals surface area contributed by atoms with Gasteiger partial charge in [0, 0.05) is 42.8 Å². The molecule has 29 heavy (non-hydrogen) atoms. The fourth-order valence-corrected chi connectivity index (χ4v) is 3.83. The number of hydrogen-bond acceptors (Lipinski definition) is 4. The second-order valence-electron chi connectivity index (χ2n) is 7.43. The smallest absolute Gasteiger partial charge is 0.414 e. The van der Waals surface area contributed by atoms with Gasteiger partial charge in [-0.1, -0.05) is 0 Å². The number of rotatable bonds is 3. The minimum atomic E-state index is -4.10. The van der Waals surface area contributed by atoms with E-state index < -0.39 is 12.1 Å². The van der Waals surface area contributed by atoms with E-state index in [1.165, 1.54) is 4.90 Å². The molecule has 0 aromatic heterocycles. The minimum Gasteiger partial charge on any atom is -0.444 e. The van der Waals surface area contributed by atoms with E-state index >= 15 is 0 Å². The summed E-state index contributed by atoms with van der Waals surface area (Å²) in [4.78, 5) is 15.1. The average Bonchev–Trinajstić information content (AvgIpc) is 2.71. The molecule has 1 N–H and O–H groups in total. The zero-order valence-corrected chi connectivity index (χ0v) is 16.0. The Morgan fingerprint density at radius 2 is 1.69 bits per heavy atom. The molecule has 1 fully saturated rings. The topological polar surface area (TPSA) is 44.8 Å². The number of alkyl halides is 3. The van der Waals surface area contributed by atoms with Gasteiger partial charge >= 0.3 is 12.3 Å². The Labute approximate surface area is 167 Å². The maximum Gasteiger partial charge on any atom is 0.414 e. The lowest BCUT2D eigenvalue weighted by Gasteiger charge is -2.34. The molecule has 1 saturated heterocycles. The largest absolute Gasteiger partial charge is 0.444 e. The van der Waals surface area contributed by atoms with Crippen LogP contribution in [0.15, 0.2) is 42.5 Å². The molecule has 4 rings (SSSR count). The predicted octanol–water partition coefficient (Wildman–Crippen LogP) is 5.30. The first-order valence-electron chi connectivity index (χ1n) is 9.53. The summed E-state index contributed by atoms with van der Waals surface area (Å²) in [6.45, 7) is 1.06. The van der Waals surface area contributed by atoms with E-state index in [-0.39, 0.29) is 25.5 Å². The van der Waals surface area contributed by atoms with Crippen molar-refractivity contribution in [3.63, 3.8) is 0 Å². The van der Waals surface area contributed by atoms with E-state index in [2.05, 4.69) is 5.32 Å². The summed E-state index contributed by atoms with van der Waals surface area (Å²) in [7, 11) is 1.67. The van der Waals surface area contributed by atoms with Crippen LogP contribution in [0.25, 0.3) is 0 Å². The lowest BCUT2D eigenvalue weighted by atomic mass is 9.96. The van der Waals surface area contributed by atoms with Crippen molar-refractivity contribution in [2.45, 2.75) is 25.6 Å². The highest BCUT2D eigenvalue weighted by Gasteiger charge is 2.41. The normalized spacial score (nSPS) is 17.7. The van der Waals surface area contributed by atoms with Crippen molar-refractivity contribution in [1.29, 1.82) is 0 Å². The van der Waals surface area contributed by atoms with Gasteiger partial charge in [0.2, 0.25) is 0 Å². The number of carbonyl (C=O) groups is 1. The van der Waals surface area contributed by atoms with Crippen molar-refractivity contribution in [2.75, 3.05) is 35.3 Å². The van der Waals surface area contributed by atoms with Crippen LogP contribution in [-0.2, 0) is 11.3 Å². The molecule has 2 aliphatic heterocycles. The third kappa shape index (κ3) is 4.11. The van der Waals surface area contributed by atoms with Crippen LogP contribution in [0.5, 0.6) is 0 Å². The Morgan fingerprint density at radius 3 is 2.34 bits per heavy atom. The Hall–Kier alpha value is -2.90. The molecule has 154 valence electrons. The summed E-state index contributed by atoms with van der Waals surface area (Å²) < 4.78 is 43.6. The van der Waals surface area contributed by atoms with Crippen LogP contribution in [-0.4, -0.2) is 32.4 Å². The predicted molar refractivity (Wildman–Crippen MR) is 106 cm³/mol. The highest BCUT2D eigenvalue weighted by molar-refractivity contribution is 5.90. The molecule has 0 bridgehead atoms. The number of hydrogen-bond donors (Lipinski definition) is 1. The van der Waals surface area contributed by atoms with Gasteiger partial charge in [-0.05, 0) is 55.3 Å². The van der Waals surface area contributed by atoms with Gasteiger partial charge in [0.15, 0.2) is 0 Å². The molecular weight excluding hydrogens is 383 g/mol. The highest BCUT2D eigenvalue weighted by Crippen LogP contribution is 2.36. The zero-order chi connectivity index (χ0) is 20.6. The van der Waals surface area contributed by atoms with Crippen LogP contribution >= 0.6 is 0 Å². The first-order chi connectivity index (χ1) is 13.8. The first kappa shape index (κ1) is 19.4. The van der Waals surface area contributed by atoms with Gasteiger partial charge in [0.05, 0.1) is 11.6 Å². The third-order valence-corrected chi connectivity index (χ3v) is 5.54. The number of amides is 1. The molecule has 2 aromatic carbocycles. The number of ether oxygens (including phenoxy) is 1. The number of nitrogens with one attached hydrogen (secondary N) is 1. The second kappa shape index (κ2) is 7.50. The lowest BCUT2D eigenvalue weighted by molar-refractivity contribution is -0.179. The Morgan fingerprint density at radius 1 is 1.03 bits per heavy atom. The Kier molecular flexibility index (Phi) is 5.02. The van der Waals surface area contributed by atoms with Crippen molar-refractivity contribution in [3.05, 3.63) is 48.0 Å². The number of cyclic esters (lactones) is 1. The summed E-state index contributed by atoms with van der Waals surface area (Å²) in [6, 6.07) is 13.4. The molecule has 1 amide bonds. The number of fused-ring (bicyclic) bond motifs is 1. The molecule has 0 unspecified atom stereocenters. The van der Waals surface area contributed by atoms with Gasteiger partial charge in [0.25, 0.3) is 0 Å². The maximum atomic E-state index is 12.8. The monoisotopic (exact) mass is 405 g/mol. The zero-order valence-electron chi connectivity index (χ0n) is 16.0. The molecule has 0 atom stereocenters. The number of benzene rings is 2. The van der Waals surface area contributed by atoms with Crippen molar-refractivity contribution >= 4 is 28.8 Å². The Bertz CT molecular complexity index is 891. The molecule has 2 aromatic rings. The highest BCUT2D eigenvalue weighted by atomic mass is 19.4. The van der Waals surface area contributed by atoms with Crippen LogP contribution in [0, 0.1) is 5.92 Å². The number of carbonyl (C=O) groups excluding carboxylic acids is 1. The van der Waals surface area contributed by atoms with Gasteiger partial charge in [-0.2, -0.15) is 13.2 Å². The van der Waals surface area contributed by atoms with Gasteiger partial charge in [-0.3, -0.25) is 4.90 Å². The number of nitrogens with zero attached hydrogens (tertiary/aromatic N) is 2. The van der Waals surface area contributed by atoms with E-state index in [9.17, 15) is 18.0 Å². The lowest BCUT2D eigenvalue weighted by Crippen LogP contribution is -2.38. The second-order valence-corrected chi connectivity index (χ2v) is 7.43. The summed E-state index contributed by atoms with van der Waals surface area (Å²) in [5.74, 6) is -1.19. The van der Waals surface area contributed by atoms with E-state index in [0.29, 0.717) is 13.1 Å². The molecular formula is C21H22F3N3O2. The molecule has 5 nitrogen and oxygen atoms in total. The van der Waals surface area contributed by atoms with E-state index in [1.54, 1.807) is 7.05 Å². The van der Waals surface area contributed by atoms with Crippen LogP contribution in [0.3, 0.4) is 0 Å². The maximum absolute atomic E-state index is 12.8. The summed E-state index contributed by atoms with van der Waals surface area (Å²) in [6.07, 6.45) is -4.19. The third-order valence-electron chi connectivity index (χ3n) is 5.54. The van der Waals surface area contributed by atoms with Gasteiger partial charge < -0.3 is 15.0 Å². The standard InChI is InChI=1S/C21H22F3N3O2/c1-26-19-7-4-17(12-14(19)13-29-20(26)28)25-16-2-5-18(6-3-16)27-10-8-15(9-11-27)21(22,23)24/h2-7,12,15,25H,8-11,13H2,1H3. The summed E-state index contributed by atoms with van der Waals surface area (Å²) in [5, 5.41) is 3.31. The number of piperidine rings is 1. The minimum absolute atomic E-state index is 0.137. The number of halogens is 3. The first-order valence-corrected chi connectivity index (χ1v) is 9.53. The molecule has 2 aliphatic rings. The van der Waals surface area contributed by atoms with Gasteiger partial charge in [-0.15, -0.1) is 0 Å². The molecule has 0 saturated carbocycles. The molecule has 8 heteroatoms. The van der Waals surface area contributed by atoms with Gasteiger partial charge in [-0.25, -0.2) is 4.79 Å². The van der Waals surface area contributed by atoms with Gasteiger partial charge in [0.1, 0.15) is 6.61 Å². The summed E-state index contributed by atoms with van der Waals surface area (Å²) >= 11 is 0. The fraction of sp³-hybridized carbons (Fsp3) is 0.381. The number of anilines is 4. The SMILES string of the molecule is CN1C(=O)OCc2cc(Nc3ccc(N4CCC(C(F)(F)F)CC4)cc3)ccc21. The van der Waals surface area contributed by atoms with E-state index in [0.717, 1.165) is 28.3 Å². The van der Waals surface area contributed by atoms with E-state index in [4.69, 9.17) is 4.74 Å². The molecule has 0 spiro atoms. The van der Waals surface area contributed by atoms with Crippen LogP contribution in [0.2, 0.25) is 0 Å². The summed E-state index contributed by atoms with van der Waals surface area (Å²) in [5.41, 5.74) is 4.41. The van der Waals surface area contributed by atoms with E-state index in [1.807, 2.05) is 47.4 Å². The quantitative estimate of drug-likeness (QED) is 0.753. The Balaban J connectivity index is 1.40. The van der Waals surface area contributed by atoms with Crippen molar-refractivity contribution in [1.82, 2.24) is 0 Å². The van der Waals surface area contributed by atoms with Crippen LogP contribution in [0.4, 0.5) is 40.7 Å².